The molecule has 6 nitrogen and oxygen atoms in total. The SMILES string of the molecule is CCS(=O)(=O)c1c(N)nsc1N1CCCOCC1. The van der Waals surface area contributed by atoms with E-state index in [-0.39, 0.29) is 16.5 Å². The van der Waals surface area contributed by atoms with E-state index in [0.717, 1.165) is 24.5 Å². The van der Waals surface area contributed by atoms with E-state index in [4.69, 9.17) is 10.5 Å². The minimum atomic E-state index is -3.34. The number of hydrogen-bond donors (Lipinski definition) is 1. The van der Waals surface area contributed by atoms with Crippen LogP contribution < -0.4 is 10.6 Å². The van der Waals surface area contributed by atoms with Crippen molar-refractivity contribution in [2.75, 3.05) is 42.7 Å². The highest BCUT2D eigenvalue weighted by atomic mass is 32.2. The number of anilines is 2. The highest BCUT2D eigenvalue weighted by Crippen LogP contribution is 2.35. The first-order valence-corrected chi connectivity index (χ1v) is 8.29. The standard InChI is InChI=1S/C10H17N3O3S2/c1-2-18(14,15)8-9(11)12-17-10(8)13-4-3-6-16-7-5-13/h2-7H2,1H3,(H2,11,12). The Hall–Kier alpha value is -0.860. The predicted molar refractivity (Wildman–Crippen MR) is 71.9 cm³/mol. The van der Waals surface area contributed by atoms with Gasteiger partial charge in [0.25, 0.3) is 0 Å². The van der Waals surface area contributed by atoms with Gasteiger partial charge in [-0.25, -0.2) is 8.42 Å². The lowest BCUT2D eigenvalue weighted by atomic mass is 10.4. The number of sulfone groups is 1. The van der Waals surface area contributed by atoms with Gasteiger partial charge in [-0.15, -0.1) is 0 Å². The molecule has 1 aromatic heterocycles. The lowest BCUT2D eigenvalue weighted by Gasteiger charge is -2.20. The molecule has 0 atom stereocenters. The number of nitrogens with two attached hydrogens (primary N) is 1. The van der Waals surface area contributed by atoms with Crippen molar-refractivity contribution in [1.82, 2.24) is 4.37 Å². The fourth-order valence-electron chi connectivity index (χ4n) is 1.87. The average molecular weight is 291 g/mol. The highest BCUT2D eigenvalue weighted by Gasteiger charge is 2.27. The van der Waals surface area contributed by atoms with Crippen LogP contribution in [0.5, 0.6) is 0 Å². The number of nitrogen functional groups attached to an aromatic ring is 1. The maximum atomic E-state index is 12.1. The molecule has 0 amide bonds. The quantitative estimate of drug-likeness (QED) is 0.884. The van der Waals surface area contributed by atoms with Gasteiger partial charge in [0.2, 0.25) is 0 Å². The molecule has 102 valence electrons. The molecule has 2 rings (SSSR count). The first kappa shape index (κ1) is 13.6. The molecule has 0 saturated carbocycles. The van der Waals surface area contributed by atoms with Crippen LogP contribution in [-0.4, -0.2) is 44.8 Å². The van der Waals surface area contributed by atoms with Crippen LogP contribution in [0.1, 0.15) is 13.3 Å². The van der Waals surface area contributed by atoms with Crippen molar-refractivity contribution < 1.29 is 13.2 Å². The van der Waals surface area contributed by atoms with E-state index in [1.165, 1.54) is 0 Å². The van der Waals surface area contributed by atoms with Crippen LogP contribution in [0.3, 0.4) is 0 Å². The zero-order chi connectivity index (χ0) is 13.2. The van der Waals surface area contributed by atoms with Crippen molar-refractivity contribution in [3.8, 4) is 0 Å². The van der Waals surface area contributed by atoms with Gasteiger partial charge in [-0.05, 0) is 18.0 Å². The molecular formula is C10H17N3O3S2. The van der Waals surface area contributed by atoms with Crippen LogP contribution in [0.25, 0.3) is 0 Å². The fourth-order valence-corrected chi connectivity index (χ4v) is 4.23. The summed E-state index contributed by atoms with van der Waals surface area (Å²) in [6.45, 7) is 4.37. The third kappa shape index (κ3) is 2.60. The van der Waals surface area contributed by atoms with Crippen molar-refractivity contribution >= 4 is 32.2 Å². The largest absolute Gasteiger partial charge is 0.382 e. The number of aromatic nitrogens is 1. The summed E-state index contributed by atoms with van der Waals surface area (Å²) in [6, 6.07) is 0. The smallest absolute Gasteiger partial charge is 0.184 e. The van der Waals surface area contributed by atoms with Crippen LogP contribution in [0.2, 0.25) is 0 Å². The second kappa shape index (κ2) is 5.41. The van der Waals surface area contributed by atoms with E-state index < -0.39 is 9.84 Å². The lowest BCUT2D eigenvalue weighted by Crippen LogP contribution is -2.26. The van der Waals surface area contributed by atoms with Gasteiger partial charge in [0.05, 0.1) is 12.4 Å². The van der Waals surface area contributed by atoms with Gasteiger partial charge >= 0.3 is 0 Å². The van der Waals surface area contributed by atoms with Gasteiger partial charge in [0, 0.05) is 19.7 Å². The summed E-state index contributed by atoms with van der Waals surface area (Å²) in [5.74, 6) is 0.148. The number of rotatable bonds is 3. The Labute approximate surface area is 111 Å². The molecule has 1 aliphatic rings. The van der Waals surface area contributed by atoms with Gasteiger partial charge in [0.1, 0.15) is 9.90 Å². The normalized spacial score (nSPS) is 17.7. The summed E-state index contributed by atoms with van der Waals surface area (Å²) >= 11 is 1.15. The molecule has 2 N–H and O–H groups in total. The van der Waals surface area contributed by atoms with E-state index in [0.29, 0.717) is 24.8 Å². The Bertz CT molecular complexity index is 504. The molecule has 2 heterocycles. The molecule has 1 fully saturated rings. The summed E-state index contributed by atoms with van der Waals surface area (Å²) < 4.78 is 33.5. The molecule has 0 aliphatic carbocycles. The van der Waals surface area contributed by atoms with Gasteiger partial charge in [0.15, 0.2) is 15.7 Å². The minimum Gasteiger partial charge on any atom is -0.382 e. The predicted octanol–water partition coefficient (Wildman–Crippen LogP) is 0.746. The van der Waals surface area contributed by atoms with Crippen molar-refractivity contribution in [1.29, 1.82) is 0 Å². The maximum Gasteiger partial charge on any atom is 0.184 e. The van der Waals surface area contributed by atoms with Crippen LogP contribution in [0.4, 0.5) is 10.8 Å². The zero-order valence-electron chi connectivity index (χ0n) is 10.3. The molecule has 0 radical (unpaired) electrons. The van der Waals surface area contributed by atoms with Crippen LogP contribution in [0, 0.1) is 0 Å². The average Bonchev–Trinajstić information content (AvgIpc) is 2.58. The molecule has 18 heavy (non-hydrogen) atoms. The molecule has 0 aromatic carbocycles. The third-order valence-corrected chi connectivity index (χ3v) is 5.69. The second-order valence-electron chi connectivity index (χ2n) is 4.06. The first-order valence-electron chi connectivity index (χ1n) is 5.87. The van der Waals surface area contributed by atoms with Gasteiger partial charge in [-0.2, -0.15) is 4.37 Å². The number of nitrogens with zero attached hydrogens (tertiary/aromatic N) is 2. The lowest BCUT2D eigenvalue weighted by molar-refractivity contribution is 0.152. The first-order chi connectivity index (χ1) is 8.56. The van der Waals surface area contributed by atoms with Crippen molar-refractivity contribution in [3.63, 3.8) is 0 Å². The minimum absolute atomic E-state index is 0.0347. The molecule has 0 spiro atoms. The van der Waals surface area contributed by atoms with E-state index in [1.807, 2.05) is 4.90 Å². The Balaban J connectivity index is 2.39. The summed E-state index contributed by atoms with van der Waals surface area (Å²) in [4.78, 5) is 2.20. The summed E-state index contributed by atoms with van der Waals surface area (Å²) in [7, 11) is -3.34. The van der Waals surface area contributed by atoms with E-state index in [2.05, 4.69) is 4.37 Å². The molecule has 1 aromatic rings. The van der Waals surface area contributed by atoms with Crippen LogP contribution >= 0.6 is 11.5 Å². The van der Waals surface area contributed by atoms with Gasteiger partial charge in [-0.3, -0.25) is 0 Å². The van der Waals surface area contributed by atoms with E-state index >= 15 is 0 Å². The summed E-state index contributed by atoms with van der Waals surface area (Å²) in [6.07, 6.45) is 0.878. The topological polar surface area (TPSA) is 85.5 Å². The summed E-state index contributed by atoms with van der Waals surface area (Å²) in [5, 5.41) is 0.653. The van der Waals surface area contributed by atoms with Gasteiger partial charge in [-0.1, -0.05) is 6.92 Å². The molecule has 8 heteroatoms. The molecule has 1 aliphatic heterocycles. The summed E-state index contributed by atoms with van der Waals surface area (Å²) in [5.41, 5.74) is 5.71. The van der Waals surface area contributed by atoms with Crippen molar-refractivity contribution in [3.05, 3.63) is 0 Å². The zero-order valence-corrected chi connectivity index (χ0v) is 11.9. The highest BCUT2D eigenvalue weighted by molar-refractivity contribution is 7.91. The number of ether oxygens (including phenoxy) is 1. The molecule has 0 unspecified atom stereocenters. The fraction of sp³-hybridized carbons (Fsp3) is 0.700. The van der Waals surface area contributed by atoms with Gasteiger partial charge < -0.3 is 15.4 Å². The second-order valence-corrected chi connectivity index (χ2v) is 7.03. The van der Waals surface area contributed by atoms with Crippen molar-refractivity contribution in [2.45, 2.75) is 18.2 Å². The Morgan fingerprint density at radius 2 is 2.22 bits per heavy atom. The Morgan fingerprint density at radius 1 is 1.44 bits per heavy atom. The molecular weight excluding hydrogens is 274 g/mol. The third-order valence-electron chi connectivity index (χ3n) is 2.86. The Morgan fingerprint density at radius 3 is 2.94 bits per heavy atom. The monoisotopic (exact) mass is 291 g/mol. The van der Waals surface area contributed by atoms with Crippen LogP contribution in [-0.2, 0) is 14.6 Å². The molecule has 0 bridgehead atoms. The van der Waals surface area contributed by atoms with E-state index in [9.17, 15) is 8.42 Å². The number of hydrogen-bond acceptors (Lipinski definition) is 7. The maximum absolute atomic E-state index is 12.1. The van der Waals surface area contributed by atoms with Crippen molar-refractivity contribution in [2.24, 2.45) is 0 Å². The van der Waals surface area contributed by atoms with Crippen LogP contribution in [0.15, 0.2) is 4.90 Å². The Kier molecular flexibility index (Phi) is 4.08. The van der Waals surface area contributed by atoms with E-state index in [1.54, 1.807) is 6.92 Å². The molecule has 1 saturated heterocycles.